The van der Waals surface area contributed by atoms with E-state index in [0.717, 1.165) is 4.90 Å². The average Bonchev–Trinajstić information content (AvgIpc) is 2.08. The summed E-state index contributed by atoms with van der Waals surface area (Å²) in [5, 5.41) is -0.0644. The van der Waals surface area contributed by atoms with Gasteiger partial charge in [-0.25, -0.2) is 4.39 Å². The van der Waals surface area contributed by atoms with E-state index in [0.29, 0.717) is 0 Å². The summed E-state index contributed by atoms with van der Waals surface area (Å²) in [6.07, 6.45) is 0. The molecule has 0 aliphatic carbocycles. The number of ketones is 1. The maximum atomic E-state index is 12.5. The van der Waals surface area contributed by atoms with Gasteiger partial charge in [-0.15, -0.1) is 11.8 Å². The summed E-state index contributed by atoms with van der Waals surface area (Å²) in [6.45, 7) is 3.40. The van der Waals surface area contributed by atoms with Crippen LogP contribution < -0.4 is 0 Å². The number of halogens is 1. The molecule has 1 aromatic rings. The largest absolute Gasteiger partial charge is 0.299 e. The maximum Gasteiger partial charge on any atom is 0.142 e. The lowest BCUT2D eigenvalue weighted by Gasteiger charge is -2.06. The Balaban J connectivity index is 2.64. The maximum absolute atomic E-state index is 12.5. The Hall–Kier alpha value is -0.830. The van der Waals surface area contributed by atoms with Crippen LogP contribution in [0.5, 0.6) is 0 Å². The van der Waals surface area contributed by atoms with E-state index in [2.05, 4.69) is 0 Å². The van der Waals surface area contributed by atoms with Gasteiger partial charge in [0.1, 0.15) is 11.6 Å². The molecule has 0 saturated heterocycles. The summed E-state index contributed by atoms with van der Waals surface area (Å²) in [5.41, 5.74) is 0. The molecule has 1 aromatic carbocycles. The monoisotopic (exact) mass is 198 g/mol. The summed E-state index contributed by atoms with van der Waals surface area (Å²) >= 11 is 1.44. The van der Waals surface area contributed by atoms with Crippen LogP contribution in [0.1, 0.15) is 13.8 Å². The van der Waals surface area contributed by atoms with Crippen molar-refractivity contribution in [3.63, 3.8) is 0 Å². The molecular formula is C10H11FOS. The molecule has 0 spiro atoms. The van der Waals surface area contributed by atoms with Crippen LogP contribution in [-0.4, -0.2) is 11.0 Å². The van der Waals surface area contributed by atoms with Crippen LogP contribution in [0.15, 0.2) is 29.2 Å². The van der Waals surface area contributed by atoms with Gasteiger partial charge in [0.15, 0.2) is 0 Å². The van der Waals surface area contributed by atoms with E-state index in [9.17, 15) is 9.18 Å². The van der Waals surface area contributed by atoms with Crippen LogP contribution in [-0.2, 0) is 4.79 Å². The number of thioether (sulfide) groups is 1. The summed E-state index contributed by atoms with van der Waals surface area (Å²) < 4.78 is 12.5. The molecule has 13 heavy (non-hydrogen) atoms. The first-order valence-corrected chi connectivity index (χ1v) is 4.90. The van der Waals surface area contributed by atoms with E-state index in [1.807, 2.05) is 6.92 Å². The molecular weight excluding hydrogens is 187 g/mol. The van der Waals surface area contributed by atoms with Crippen LogP contribution in [0.3, 0.4) is 0 Å². The number of rotatable bonds is 3. The van der Waals surface area contributed by atoms with Crippen molar-refractivity contribution in [3.05, 3.63) is 30.1 Å². The topological polar surface area (TPSA) is 17.1 Å². The van der Waals surface area contributed by atoms with Gasteiger partial charge in [-0.3, -0.25) is 4.79 Å². The number of Topliss-reactive ketones (excluding diaryl/α,β-unsaturated/α-hetero) is 1. The predicted octanol–water partition coefficient (Wildman–Crippen LogP) is 2.90. The third-order valence-corrected chi connectivity index (χ3v) is 2.93. The molecule has 1 atom stereocenters. The summed E-state index contributed by atoms with van der Waals surface area (Å²) in [4.78, 5) is 11.8. The molecule has 1 rings (SSSR count). The van der Waals surface area contributed by atoms with Crippen LogP contribution in [0.2, 0.25) is 0 Å². The molecule has 0 unspecified atom stereocenters. The number of carbonyl (C=O) groups excluding carboxylic acids is 1. The van der Waals surface area contributed by atoms with Crippen LogP contribution in [0, 0.1) is 5.82 Å². The number of carbonyl (C=O) groups is 1. The van der Waals surface area contributed by atoms with E-state index in [4.69, 9.17) is 0 Å². The minimum Gasteiger partial charge on any atom is -0.299 e. The second kappa shape index (κ2) is 4.42. The fourth-order valence-electron chi connectivity index (χ4n) is 0.800. The van der Waals surface area contributed by atoms with Crippen molar-refractivity contribution in [2.45, 2.75) is 24.0 Å². The Morgan fingerprint density at radius 2 is 1.92 bits per heavy atom. The van der Waals surface area contributed by atoms with Gasteiger partial charge in [0.25, 0.3) is 0 Å². The molecule has 0 radical (unpaired) electrons. The number of hydrogen-bond donors (Lipinski definition) is 0. The van der Waals surface area contributed by atoms with E-state index < -0.39 is 0 Å². The SMILES string of the molecule is CC(=O)[C@H](C)Sc1ccc(F)cc1. The normalized spacial score (nSPS) is 12.5. The Bertz CT molecular complexity index is 294. The van der Waals surface area contributed by atoms with Crippen molar-refractivity contribution in [1.82, 2.24) is 0 Å². The third-order valence-electron chi connectivity index (χ3n) is 1.70. The minimum atomic E-state index is -0.250. The smallest absolute Gasteiger partial charge is 0.142 e. The first-order valence-electron chi connectivity index (χ1n) is 4.02. The van der Waals surface area contributed by atoms with Crippen molar-refractivity contribution < 1.29 is 9.18 Å². The summed E-state index contributed by atoms with van der Waals surface area (Å²) in [6, 6.07) is 6.16. The van der Waals surface area contributed by atoms with Crippen molar-refractivity contribution in [1.29, 1.82) is 0 Å². The highest BCUT2D eigenvalue weighted by molar-refractivity contribution is 8.00. The van der Waals surface area contributed by atoms with Gasteiger partial charge in [-0.1, -0.05) is 0 Å². The Labute approximate surface area is 81.3 Å². The standard InChI is InChI=1S/C10H11FOS/c1-7(12)8(2)13-10-5-3-9(11)4-6-10/h3-6,8H,1-2H3/t8-/m0/s1. The van der Waals surface area contributed by atoms with Gasteiger partial charge in [0.05, 0.1) is 5.25 Å². The summed E-state index contributed by atoms with van der Waals surface area (Å²) in [5.74, 6) is -0.117. The molecule has 3 heteroatoms. The first-order chi connectivity index (χ1) is 6.09. The van der Waals surface area contributed by atoms with E-state index >= 15 is 0 Å². The Kier molecular flexibility index (Phi) is 3.48. The highest BCUT2D eigenvalue weighted by Gasteiger charge is 2.08. The Morgan fingerprint density at radius 3 is 2.38 bits per heavy atom. The second-order valence-electron chi connectivity index (χ2n) is 2.82. The van der Waals surface area contributed by atoms with Crippen LogP contribution >= 0.6 is 11.8 Å². The lowest BCUT2D eigenvalue weighted by atomic mass is 10.3. The molecule has 0 heterocycles. The second-order valence-corrected chi connectivity index (χ2v) is 4.24. The number of hydrogen-bond acceptors (Lipinski definition) is 2. The molecule has 0 saturated carbocycles. The predicted molar refractivity (Wildman–Crippen MR) is 52.4 cm³/mol. The minimum absolute atomic E-state index is 0.0644. The van der Waals surface area contributed by atoms with Crippen molar-refractivity contribution in [2.24, 2.45) is 0 Å². The van der Waals surface area contributed by atoms with Gasteiger partial charge in [-0.05, 0) is 38.1 Å². The molecule has 0 aromatic heterocycles. The third kappa shape index (κ3) is 3.19. The molecule has 0 fully saturated rings. The average molecular weight is 198 g/mol. The summed E-state index contributed by atoms with van der Waals surface area (Å²) in [7, 11) is 0. The first kappa shape index (κ1) is 10.3. The zero-order chi connectivity index (χ0) is 9.84. The molecule has 0 aliphatic heterocycles. The zero-order valence-corrected chi connectivity index (χ0v) is 8.40. The number of benzene rings is 1. The fourth-order valence-corrected chi connectivity index (χ4v) is 1.67. The quantitative estimate of drug-likeness (QED) is 0.695. The lowest BCUT2D eigenvalue weighted by Crippen LogP contribution is -2.07. The van der Waals surface area contributed by atoms with E-state index in [-0.39, 0.29) is 16.9 Å². The van der Waals surface area contributed by atoms with Gasteiger partial charge in [-0.2, -0.15) is 0 Å². The zero-order valence-electron chi connectivity index (χ0n) is 7.58. The molecule has 70 valence electrons. The van der Waals surface area contributed by atoms with Gasteiger partial charge in [0, 0.05) is 4.90 Å². The highest BCUT2D eigenvalue weighted by Crippen LogP contribution is 2.23. The van der Waals surface area contributed by atoms with Crippen molar-refractivity contribution in [3.8, 4) is 0 Å². The molecule has 0 bridgehead atoms. The van der Waals surface area contributed by atoms with Gasteiger partial charge >= 0.3 is 0 Å². The van der Waals surface area contributed by atoms with Gasteiger partial charge < -0.3 is 0 Å². The Morgan fingerprint density at radius 1 is 1.38 bits per heavy atom. The van der Waals surface area contributed by atoms with E-state index in [1.54, 1.807) is 19.1 Å². The molecule has 0 aliphatic rings. The molecule has 0 N–H and O–H groups in total. The van der Waals surface area contributed by atoms with E-state index in [1.165, 1.54) is 23.9 Å². The highest BCUT2D eigenvalue weighted by atomic mass is 32.2. The van der Waals surface area contributed by atoms with Gasteiger partial charge in [0.2, 0.25) is 0 Å². The fraction of sp³-hybridized carbons (Fsp3) is 0.300. The van der Waals surface area contributed by atoms with Crippen LogP contribution in [0.4, 0.5) is 4.39 Å². The lowest BCUT2D eigenvalue weighted by molar-refractivity contribution is -0.116. The van der Waals surface area contributed by atoms with Crippen molar-refractivity contribution >= 4 is 17.5 Å². The molecule has 1 nitrogen and oxygen atoms in total. The van der Waals surface area contributed by atoms with Crippen LogP contribution in [0.25, 0.3) is 0 Å². The van der Waals surface area contributed by atoms with Crippen molar-refractivity contribution in [2.75, 3.05) is 0 Å². The molecule has 0 amide bonds.